The summed E-state index contributed by atoms with van der Waals surface area (Å²) in [6, 6.07) is 3.89. The number of sulfonamides is 1. The van der Waals surface area contributed by atoms with E-state index in [2.05, 4.69) is 4.90 Å². The quantitative estimate of drug-likeness (QED) is 0.776. The zero-order valence-corrected chi connectivity index (χ0v) is 13.8. The number of alkyl halides is 1. The molecule has 118 valence electrons. The lowest BCUT2D eigenvalue weighted by molar-refractivity contribution is 0.271. The van der Waals surface area contributed by atoms with Gasteiger partial charge in [-0.1, -0.05) is 6.07 Å². The van der Waals surface area contributed by atoms with Gasteiger partial charge in [0.2, 0.25) is 10.0 Å². The summed E-state index contributed by atoms with van der Waals surface area (Å²) in [6.07, 6.45) is 2.05. The molecule has 0 radical (unpaired) electrons. The predicted molar refractivity (Wildman–Crippen MR) is 81.4 cm³/mol. The fourth-order valence-electron chi connectivity index (χ4n) is 2.65. The molecule has 2 rings (SSSR count). The van der Waals surface area contributed by atoms with E-state index in [9.17, 15) is 12.8 Å². The van der Waals surface area contributed by atoms with Crippen LogP contribution in [0.1, 0.15) is 18.4 Å². The van der Waals surface area contributed by atoms with Gasteiger partial charge in [-0.3, -0.25) is 0 Å². The minimum Gasteiger partial charge on any atom is -0.302 e. The van der Waals surface area contributed by atoms with Crippen LogP contribution in [0, 0.1) is 5.82 Å². The van der Waals surface area contributed by atoms with Gasteiger partial charge >= 0.3 is 0 Å². The van der Waals surface area contributed by atoms with E-state index in [1.807, 2.05) is 7.05 Å². The van der Waals surface area contributed by atoms with E-state index in [0.717, 1.165) is 25.5 Å². The van der Waals surface area contributed by atoms with E-state index >= 15 is 0 Å². The molecule has 1 heterocycles. The van der Waals surface area contributed by atoms with E-state index < -0.39 is 15.8 Å². The fraction of sp³-hybridized carbons (Fsp3) is 0.571. The van der Waals surface area contributed by atoms with Crippen molar-refractivity contribution in [2.75, 3.05) is 27.2 Å². The van der Waals surface area contributed by atoms with Crippen LogP contribution in [0.4, 0.5) is 4.39 Å². The van der Waals surface area contributed by atoms with Gasteiger partial charge in [-0.25, -0.2) is 12.8 Å². The highest BCUT2D eigenvalue weighted by Crippen LogP contribution is 2.24. The Labute approximate surface area is 130 Å². The number of likely N-dealkylation sites (N-methyl/N-ethyl adjacent to an activating group) is 2. The van der Waals surface area contributed by atoms with Gasteiger partial charge < -0.3 is 4.90 Å². The summed E-state index contributed by atoms with van der Waals surface area (Å²) in [5.41, 5.74) is 0.421. The van der Waals surface area contributed by atoms with Crippen molar-refractivity contribution in [3.8, 4) is 0 Å². The van der Waals surface area contributed by atoms with Gasteiger partial charge in [-0.05, 0) is 44.1 Å². The number of hydrogen-bond acceptors (Lipinski definition) is 3. The molecule has 1 aromatic carbocycles. The topological polar surface area (TPSA) is 40.6 Å². The van der Waals surface area contributed by atoms with E-state index in [0.29, 0.717) is 12.1 Å². The molecule has 0 saturated carbocycles. The van der Waals surface area contributed by atoms with E-state index in [-0.39, 0.29) is 16.8 Å². The van der Waals surface area contributed by atoms with Crippen LogP contribution in [0.2, 0.25) is 0 Å². The molecule has 0 spiro atoms. The van der Waals surface area contributed by atoms with Gasteiger partial charge in [-0.2, -0.15) is 4.31 Å². The second-order valence-corrected chi connectivity index (χ2v) is 7.73. The first-order chi connectivity index (χ1) is 9.86. The molecule has 1 saturated heterocycles. The molecule has 1 aliphatic rings. The van der Waals surface area contributed by atoms with Crippen molar-refractivity contribution in [3.05, 3.63) is 29.6 Å². The molecule has 0 aromatic heterocycles. The van der Waals surface area contributed by atoms with Crippen LogP contribution in [0.15, 0.2) is 23.1 Å². The third kappa shape index (κ3) is 3.56. The number of halogens is 2. The Morgan fingerprint density at radius 2 is 2.19 bits per heavy atom. The monoisotopic (exact) mass is 334 g/mol. The van der Waals surface area contributed by atoms with Crippen molar-refractivity contribution in [3.63, 3.8) is 0 Å². The lowest BCUT2D eigenvalue weighted by atomic mass is 10.2. The molecule has 0 aliphatic carbocycles. The largest absolute Gasteiger partial charge is 0.302 e. The summed E-state index contributed by atoms with van der Waals surface area (Å²) in [5.74, 6) is -0.541. The summed E-state index contributed by atoms with van der Waals surface area (Å²) < 4.78 is 40.0. The molecule has 7 heteroatoms. The minimum atomic E-state index is -3.73. The molecular formula is C14H20ClFN2O2S. The van der Waals surface area contributed by atoms with Gasteiger partial charge in [0.15, 0.2) is 0 Å². The zero-order chi connectivity index (χ0) is 15.6. The van der Waals surface area contributed by atoms with Crippen LogP contribution < -0.4 is 0 Å². The van der Waals surface area contributed by atoms with Gasteiger partial charge in [0.25, 0.3) is 0 Å². The highest BCUT2D eigenvalue weighted by Gasteiger charge is 2.29. The molecule has 0 bridgehead atoms. The molecule has 1 aliphatic heterocycles. The summed E-state index contributed by atoms with van der Waals surface area (Å²) >= 11 is 5.77. The Kier molecular flexibility index (Phi) is 5.24. The average Bonchev–Trinajstić information content (AvgIpc) is 2.84. The SMILES string of the molecule is CN1CCCC1CN(C)S(=O)(=O)c1cc(F)ccc1CCl. The summed E-state index contributed by atoms with van der Waals surface area (Å²) in [4.78, 5) is 2.11. The molecule has 1 fully saturated rings. The highest BCUT2D eigenvalue weighted by atomic mass is 35.5. The molecule has 1 atom stereocenters. The van der Waals surface area contributed by atoms with E-state index in [1.54, 1.807) is 0 Å². The van der Waals surface area contributed by atoms with Crippen molar-refractivity contribution >= 4 is 21.6 Å². The van der Waals surface area contributed by atoms with E-state index in [4.69, 9.17) is 11.6 Å². The molecule has 0 amide bonds. The number of nitrogens with zero attached hydrogens (tertiary/aromatic N) is 2. The Morgan fingerprint density at radius 3 is 2.76 bits per heavy atom. The first-order valence-corrected chi connectivity index (χ1v) is 8.84. The number of hydrogen-bond donors (Lipinski definition) is 0. The van der Waals surface area contributed by atoms with Crippen molar-refractivity contribution in [2.45, 2.75) is 29.7 Å². The second-order valence-electron chi connectivity index (χ2n) is 5.45. The summed E-state index contributed by atoms with van der Waals surface area (Å²) in [7, 11) is -0.210. The van der Waals surface area contributed by atoms with Crippen LogP contribution in [-0.4, -0.2) is 50.8 Å². The molecule has 1 aromatic rings. The fourth-order valence-corrected chi connectivity index (χ4v) is 4.40. The van der Waals surface area contributed by atoms with Crippen LogP contribution >= 0.6 is 11.6 Å². The second kappa shape index (κ2) is 6.60. The number of rotatable bonds is 5. The summed E-state index contributed by atoms with van der Waals surface area (Å²) in [6.45, 7) is 1.38. The van der Waals surface area contributed by atoms with Crippen molar-refractivity contribution < 1.29 is 12.8 Å². The maximum atomic E-state index is 13.4. The van der Waals surface area contributed by atoms with Crippen molar-refractivity contribution in [1.29, 1.82) is 0 Å². The van der Waals surface area contributed by atoms with Crippen LogP contribution in [0.5, 0.6) is 0 Å². The first-order valence-electron chi connectivity index (χ1n) is 6.87. The third-order valence-electron chi connectivity index (χ3n) is 4.00. The Balaban J connectivity index is 2.26. The normalized spacial score (nSPS) is 20.3. The van der Waals surface area contributed by atoms with Crippen molar-refractivity contribution in [2.24, 2.45) is 0 Å². The molecular weight excluding hydrogens is 315 g/mol. The number of likely N-dealkylation sites (tertiary alicyclic amines) is 1. The minimum absolute atomic E-state index is 0.0337. The van der Waals surface area contributed by atoms with Crippen LogP contribution in [0.25, 0.3) is 0 Å². The molecule has 4 nitrogen and oxygen atoms in total. The summed E-state index contributed by atoms with van der Waals surface area (Å²) in [5, 5.41) is 0. The van der Waals surface area contributed by atoms with Gasteiger partial charge in [0.05, 0.1) is 4.90 Å². The van der Waals surface area contributed by atoms with Crippen LogP contribution in [0.3, 0.4) is 0 Å². The van der Waals surface area contributed by atoms with Crippen LogP contribution in [-0.2, 0) is 15.9 Å². The molecule has 1 unspecified atom stereocenters. The smallest absolute Gasteiger partial charge is 0.243 e. The highest BCUT2D eigenvalue weighted by molar-refractivity contribution is 7.89. The lowest BCUT2D eigenvalue weighted by Crippen LogP contribution is -2.39. The van der Waals surface area contributed by atoms with Gasteiger partial charge in [0, 0.05) is 25.5 Å². The maximum Gasteiger partial charge on any atom is 0.243 e. The zero-order valence-electron chi connectivity index (χ0n) is 12.2. The standard InChI is InChI=1S/C14H20ClFN2O2S/c1-17-7-3-4-13(17)10-18(2)21(19,20)14-8-12(16)6-5-11(14)9-15/h5-6,8,13H,3-4,7,9-10H2,1-2H3. The lowest BCUT2D eigenvalue weighted by Gasteiger charge is -2.26. The third-order valence-corrected chi connectivity index (χ3v) is 6.19. The Bertz CT molecular complexity index is 609. The van der Waals surface area contributed by atoms with Gasteiger partial charge in [-0.15, -0.1) is 11.6 Å². The Morgan fingerprint density at radius 1 is 1.48 bits per heavy atom. The average molecular weight is 335 g/mol. The number of benzene rings is 1. The maximum absolute atomic E-state index is 13.4. The molecule has 0 N–H and O–H groups in total. The first kappa shape index (κ1) is 16.7. The van der Waals surface area contributed by atoms with E-state index in [1.165, 1.54) is 23.5 Å². The molecule has 21 heavy (non-hydrogen) atoms. The van der Waals surface area contributed by atoms with Crippen molar-refractivity contribution in [1.82, 2.24) is 9.21 Å². The van der Waals surface area contributed by atoms with Gasteiger partial charge in [0.1, 0.15) is 5.82 Å². The predicted octanol–water partition coefficient (Wildman–Crippen LogP) is 2.28. The Hall–Kier alpha value is -0.690.